The first-order valence-corrected chi connectivity index (χ1v) is 14.0. The number of aryl methyl sites for hydroxylation is 1. The average Bonchev–Trinajstić information content (AvgIpc) is 3.41. The van der Waals surface area contributed by atoms with Crippen LogP contribution < -0.4 is 10.6 Å². The summed E-state index contributed by atoms with van der Waals surface area (Å²) in [4.78, 5) is 29.2. The molecule has 4 heterocycles. The fraction of sp³-hybridized carbons (Fsp3) is 0.464. The van der Waals surface area contributed by atoms with E-state index in [0.29, 0.717) is 42.9 Å². The van der Waals surface area contributed by atoms with Crippen molar-refractivity contribution in [3.63, 3.8) is 0 Å². The largest absolute Gasteiger partial charge is 0.381 e. The van der Waals surface area contributed by atoms with Crippen molar-refractivity contribution in [3.8, 4) is 6.07 Å². The van der Waals surface area contributed by atoms with Crippen LogP contribution in [0.4, 0.5) is 10.9 Å². The summed E-state index contributed by atoms with van der Waals surface area (Å²) in [5, 5.41) is 17.8. The Labute approximate surface area is 227 Å². The molecule has 198 valence electrons. The van der Waals surface area contributed by atoms with Gasteiger partial charge in [-0.1, -0.05) is 30.3 Å². The maximum Gasteiger partial charge on any atom is 0.270 e. The predicted octanol–water partition coefficient (Wildman–Crippen LogP) is 4.17. The van der Waals surface area contributed by atoms with E-state index in [-0.39, 0.29) is 17.2 Å². The van der Waals surface area contributed by atoms with Crippen molar-refractivity contribution in [1.82, 2.24) is 25.2 Å². The summed E-state index contributed by atoms with van der Waals surface area (Å²) in [6.07, 6.45) is 3.76. The molecule has 2 aliphatic heterocycles. The topological polar surface area (TPSA) is 116 Å². The van der Waals surface area contributed by atoms with Gasteiger partial charge in [-0.25, -0.2) is 15.0 Å². The first kappa shape index (κ1) is 26.2. The van der Waals surface area contributed by atoms with Gasteiger partial charge in [-0.05, 0) is 44.7 Å². The number of hydrogen-bond acceptors (Lipinski definition) is 9. The van der Waals surface area contributed by atoms with Gasteiger partial charge in [-0.2, -0.15) is 5.26 Å². The van der Waals surface area contributed by atoms with Crippen LogP contribution in [0, 0.1) is 18.3 Å². The number of thiazole rings is 1. The number of nitrogens with one attached hydrogen (secondary N) is 2. The molecular weight excluding hydrogens is 498 g/mol. The molecule has 2 aliphatic rings. The number of hydrogen-bond donors (Lipinski definition) is 2. The van der Waals surface area contributed by atoms with E-state index in [4.69, 9.17) is 15.0 Å². The second-order valence-corrected chi connectivity index (χ2v) is 10.9. The van der Waals surface area contributed by atoms with Gasteiger partial charge in [0.1, 0.15) is 17.3 Å². The number of nitrogens with zero attached hydrogens (tertiary/aromatic N) is 5. The Bertz CT molecular complexity index is 1280. The van der Waals surface area contributed by atoms with Crippen LogP contribution in [-0.4, -0.2) is 65.2 Å². The average molecular weight is 532 g/mol. The molecule has 5 rings (SSSR count). The molecular formula is C28H33N7O2S. The van der Waals surface area contributed by atoms with Crippen LogP contribution in [0.1, 0.15) is 59.2 Å². The summed E-state index contributed by atoms with van der Waals surface area (Å²) in [6, 6.07) is 14.5. The summed E-state index contributed by atoms with van der Waals surface area (Å²) in [5.41, 5.74) is 2.35. The third-order valence-corrected chi connectivity index (χ3v) is 8.19. The van der Waals surface area contributed by atoms with Crippen molar-refractivity contribution in [2.75, 3.05) is 44.7 Å². The molecule has 0 saturated carbocycles. The lowest BCUT2D eigenvalue weighted by Crippen LogP contribution is -2.44. The highest BCUT2D eigenvalue weighted by molar-refractivity contribution is 7.14. The third kappa shape index (κ3) is 6.18. The van der Waals surface area contributed by atoms with E-state index in [0.717, 1.165) is 50.3 Å². The molecule has 0 aliphatic carbocycles. The minimum absolute atomic E-state index is 0.136. The minimum Gasteiger partial charge on any atom is -0.381 e. The van der Waals surface area contributed by atoms with Crippen molar-refractivity contribution in [2.24, 2.45) is 0 Å². The maximum absolute atomic E-state index is 13.0. The summed E-state index contributed by atoms with van der Waals surface area (Å²) in [5.74, 6) is 1.46. The number of carbonyl (C=O) groups excluding carboxylic acids is 1. The Morgan fingerprint density at radius 3 is 2.84 bits per heavy atom. The monoisotopic (exact) mass is 531 g/mol. The van der Waals surface area contributed by atoms with Crippen molar-refractivity contribution in [3.05, 3.63) is 64.6 Å². The molecule has 0 spiro atoms. The Morgan fingerprint density at radius 1 is 1.24 bits per heavy atom. The van der Waals surface area contributed by atoms with Gasteiger partial charge in [-0.15, -0.1) is 11.3 Å². The van der Waals surface area contributed by atoms with E-state index in [9.17, 15) is 4.79 Å². The molecule has 10 heteroatoms. The molecule has 2 saturated heterocycles. The number of piperidine rings is 1. The molecule has 0 radical (unpaired) electrons. The molecule has 2 fully saturated rings. The normalized spacial score (nSPS) is 19.4. The first-order chi connectivity index (χ1) is 18.5. The van der Waals surface area contributed by atoms with E-state index >= 15 is 0 Å². The Balaban J connectivity index is 1.24. The Hall–Kier alpha value is -3.39. The van der Waals surface area contributed by atoms with Crippen molar-refractivity contribution >= 4 is 28.2 Å². The lowest BCUT2D eigenvalue weighted by atomic mass is 9.74. The second-order valence-electron chi connectivity index (χ2n) is 10.1. The smallest absolute Gasteiger partial charge is 0.270 e. The lowest BCUT2D eigenvalue weighted by Gasteiger charge is -2.37. The predicted molar refractivity (Wildman–Crippen MR) is 147 cm³/mol. The number of benzene rings is 1. The molecule has 1 atom stereocenters. The quantitative estimate of drug-likeness (QED) is 0.416. The van der Waals surface area contributed by atoms with Crippen molar-refractivity contribution in [2.45, 2.75) is 43.9 Å². The molecule has 1 aromatic carbocycles. The molecule has 1 amide bonds. The molecule has 3 aromatic rings. The minimum atomic E-state index is -0.185. The van der Waals surface area contributed by atoms with Gasteiger partial charge < -0.3 is 15.4 Å². The molecule has 2 aromatic heterocycles. The standard InChI is InChI=1S/C28H33N7O2S/c1-20-16-24(33-25(31-20)21-6-5-12-35(17-21)13-11-29)34-27-32-23(18-38-27)26(36)30-19-28(9-14-37-15-10-28)22-7-3-2-4-8-22/h2-4,7-8,16,18,21H,5-6,9-10,12-15,17,19H2,1H3,(H,30,36)(H,31,32,33,34). The van der Waals surface area contributed by atoms with E-state index in [1.165, 1.54) is 16.9 Å². The molecule has 38 heavy (non-hydrogen) atoms. The summed E-state index contributed by atoms with van der Waals surface area (Å²) < 4.78 is 5.61. The van der Waals surface area contributed by atoms with Crippen LogP contribution >= 0.6 is 11.3 Å². The highest BCUT2D eigenvalue weighted by Gasteiger charge is 2.35. The Kier molecular flexibility index (Phi) is 8.27. The SMILES string of the molecule is Cc1cc(Nc2nc(C(=O)NCC3(c4ccccc4)CCOCC3)cs2)nc(C2CCCN(CC#N)C2)n1. The summed E-state index contributed by atoms with van der Waals surface area (Å²) >= 11 is 1.38. The fourth-order valence-electron chi connectivity index (χ4n) is 5.35. The number of nitriles is 1. The van der Waals surface area contributed by atoms with E-state index in [1.54, 1.807) is 5.38 Å². The van der Waals surface area contributed by atoms with E-state index < -0.39 is 0 Å². The molecule has 1 unspecified atom stereocenters. The van der Waals surface area contributed by atoms with Gasteiger partial charge in [0, 0.05) is 54.8 Å². The zero-order valence-corrected chi connectivity index (χ0v) is 22.5. The number of amides is 1. The van der Waals surface area contributed by atoms with Crippen molar-refractivity contribution in [1.29, 1.82) is 5.26 Å². The maximum atomic E-state index is 13.0. The number of carbonyl (C=O) groups is 1. The summed E-state index contributed by atoms with van der Waals surface area (Å²) in [7, 11) is 0. The highest BCUT2D eigenvalue weighted by atomic mass is 32.1. The third-order valence-electron chi connectivity index (χ3n) is 7.43. The van der Waals surface area contributed by atoms with Gasteiger partial charge in [0.05, 0.1) is 12.6 Å². The number of anilines is 2. The fourth-order valence-corrected chi connectivity index (χ4v) is 6.05. The van der Waals surface area contributed by atoms with Crippen LogP contribution in [0.5, 0.6) is 0 Å². The summed E-state index contributed by atoms with van der Waals surface area (Å²) in [6.45, 7) is 6.02. The first-order valence-electron chi connectivity index (χ1n) is 13.1. The molecule has 9 nitrogen and oxygen atoms in total. The molecule has 2 N–H and O–H groups in total. The number of likely N-dealkylation sites (tertiary alicyclic amines) is 1. The zero-order valence-electron chi connectivity index (χ0n) is 21.7. The number of rotatable bonds is 8. The van der Waals surface area contributed by atoms with E-state index in [2.05, 4.69) is 43.7 Å². The zero-order chi connectivity index (χ0) is 26.4. The van der Waals surface area contributed by atoms with Gasteiger partial charge in [0.25, 0.3) is 5.91 Å². The second kappa shape index (κ2) is 12.0. The van der Waals surface area contributed by atoms with Crippen LogP contribution in [0.25, 0.3) is 0 Å². The van der Waals surface area contributed by atoms with Crippen LogP contribution in [0.2, 0.25) is 0 Å². The van der Waals surface area contributed by atoms with Crippen molar-refractivity contribution < 1.29 is 9.53 Å². The van der Waals surface area contributed by atoms with Gasteiger partial charge in [0.15, 0.2) is 5.13 Å². The van der Waals surface area contributed by atoms with Crippen LogP contribution in [0.15, 0.2) is 41.8 Å². The van der Waals surface area contributed by atoms with Gasteiger partial charge in [0.2, 0.25) is 0 Å². The van der Waals surface area contributed by atoms with Gasteiger partial charge >= 0.3 is 0 Å². The number of ether oxygens (including phenoxy) is 1. The Morgan fingerprint density at radius 2 is 2.05 bits per heavy atom. The highest BCUT2D eigenvalue weighted by Crippen LogP contribution is 2.34. The van der Waals surface area contributed by atoms with Crippen LogP contribution in [-0.2, 0) is 10.2 Å². The van der Waals surface area contributed by atoms with Crippen LogP contribution in [0.3, 0.4) is 0 Å². The van der Waals surface area contributed by atoms with E-state index in [1.807, 2.05) is 31.2 Å². The lowest BCUT2D eigenvalue weighted by molar-refractivity contribution is 0.0487. The van der Waals surface area contributed by atoms with Gasteiger partial charge in [-0.3, -0.25) is 9.69 Å². The molecule has 0 bridgehead atoms. The number of aromatic nitrogens is 3.